The molecule has 1 saturated carbocycles. The molecule has 3 aromatic carbocycles. The Balaban J connectivity index is 1.52. The largest absolute Gasteiger partial charge is 0.478 e. The first-order chi connectivity index (χ1) is 14.0. The zero-order valence-electron chi connectivity index (χ0n) is 15.5. The highest BCUT2D eigenvalue weighted by atomic mass is 35.5. The Hall–Kier alpha value is -3.11. The van der Waals surface area contributed by atoms with Crippen molar-refractivity contribution >= 4 is 29.2 Å². The number of nitrogens with zero attached hydrogens (tertiary/aromatic N) is 1. The number of hydrogen-bond donors (Lipinski definition) is 1. The molecule has 0 unspecified atom stereocenters. The first-order valence-corrected chi connectivity index (χ1v) is 9.88. The van der Waals surface area contributed by atoms with Crippen LogP contribution < -0.4 is 4.90 Å². The number of carbonyl (C=O) groups is 2. The van der Waals surface area contributed by atoms with E-state index in [9.17, 15) is 14.7 Å². The fraction of sp³-hybridized carbons (Fsp3) is 0.167. The number of fused-ring (bicyclic) bond motifs is 2. The normalized spacial score (nSPS) is 22.0. The number of anilines is 1. The number of hydrogen-bond acceptors (Lipinski definition) is 2. The molecule has 1 amide bonds. The molecular formula is C24H18ClNO3. The predicted molar refractivity (Wildman–Crippen MR) is 112 cm³/mol. The van der Waals surface area contributed by atoms with Crippen molar-refractivity contribution in [3.8, 4) is 0 Å². The zero-order chi connectivity index (χ0) is 20.2. The third kappa shape index (κ3) is 2.75. The highest BCUT2D eigenvalue weighted by Crippen LogP contribution is 2.66. The molecule has 1 aliphatic carbocycles. The summed E-state index contributed by atoms with van der Waals surface area (Å²) in [6.45, 7) is 0.348. The van der Waals surface area contributed by atoms with Crippen molar-refractivity contribution in [1.29, 1.82) is 0 Å². The lowest BCUT2D eigenvalue weighted by Gasteiger charge is -2.19. The summed E-state index contributed by atoms with van der Waals surface area (Å²) in [7, 11) is 0. The van der Waals surface area contributed by atoms with Crippen LogP contribution in [0, 0.1) is 0 Å². The van der Waals surface area contributed by atoms with Crippen LogP contribution in [0.5, 0.6) is 0 Å². The van der Waals surface area contributed by atoms with Gasteiger partial charge in [-0.2, -0.15) is 0 Å². The number of rotatable bonds is 4. The van der Waals surface area contributed by atoms with Crippen molar-refractivity contribution in [3.63, 3.8) is 0 Å². The number of aromatic carboxylic acids is 1. The second-order valence-electron chi connectivity index (χ2n) is 7.70. The molecule has 1 spiro atoms. The summed E-state index contributed by atoms with van der Waals surface area (Å²) in [5.74, 6) is -0.797. The molecule has 0 bridgehead atoms. The summed E-state index contributed by atoms with van der Waals surface area (Å²) in [5.41, 5.74) is 3.50. The van der Waals surface area contributed by atoms with Crippen LogP contribution in [0.2, 0.25) is 5.02 Å². The Morgan fingerprint density at radius 3 is 2.66 bits per heavy atom. The minimum atomic E-state index is -0.973. The molecule has 0 saturated heterocycles. The van der Waals surface area contributed by atoms with Gasteiger partial charge in [-0.3, -0.25) is 4.79 Å². The van der Waals surface area contributed by atoms with Crippen molar-refractivity contribution in [2.24, 2.45) is 0 Å². The first kappa shape index (κ1) is 18.0. The molecule has 1 N–H and O–H groups in total. The Kier molecular flexibility index (Phi) is 4.00. The number of carboxylic acids is 1. The van der Waals surface area contributed by atoms with Gasteiger partial charge in [-0.05, 0) is 53.4 Å². The van der Waals surface area contributed by atoms with Crippen LogP contribution in [0.3, 0.4) is 0 Å². The quantitative estimate of drug-likeness (QED) is 0.666. The Labute approximate surface area is 173 Å². The van der Waals surface area contributed by atoms with E-state index in [0.717, 1.165) is 28.8 Å². The average Bonchev–Trinajstić information content (AvgIpc) is 3.44. The summed E-state index contributed by atoms with van der Waals surface area (Å²) >= 11 is 6.18. The van der Waals surface area contributed by atoms with Crippen LogP contribution >= 0.6 is 11.6 Å². The first-order valence-electron chi connectivity index (χ1n) is 9.50. The van der Waals surface area contributed by atoms with Crippen molar-refractivity contribution in [1.82, 2.24) is 0 Å². The number of carbonyl (C=O) groups excluding carboxylic acids is 1. The lowest BCUT2D eigenvalue weighted by molar-refractivity contribution is -0.120. The summed E-state index contributed by atoms with van der Waals surface area (Å²) in [4.78, 5) is 26.7. The maximum absolute atomic E-state index is 13.6. The fourth-order valence-corrected chi connectivity index (χ4v) is 4.82. The Morgan fingerprint density at radius 1 is 1.07 bits per heavy atom. The second kappa shape index (κ2) is 6.46. The van der Waals surface area contributed by atoms with E-state index >= 15 is 0 Å². The van der Waals surface area contributed by atoms with Crippen LogP contribution in [0.25, 0.3) is 0 Å². The molecule has 0 radical (unpaired) electrons. The van der Waals surface area contributed by atoms with Crippen molar-refractivity contribution in [2.45, 2.75) is 24.3 Å². The fourth-order valence-electron chi connectivity index (χ4n) is 4.62. The average molecular weight is 404 g/mol. The molecule has 4 nitrogen and oxygen atoms in total. The van der Waals surface area contributed by atoms with E-state index in [1.807, 2.05) is 54.6 Å². The van der Waals surface area contributed by atoms with Crippen LogP contribution in [-0.4, -0.2) is 17.0 Å². The van der Waals surface area contributed by atoms with E-state index < -0.39 is 11.4 Å². The van der Waals surface area contributed by atoms with E-state index in [-0.39, 0.29) is 17.4 Å². The van der Waals surface area contributed by atoms with Crippen molar-refractivity contribution in [2.75, 3.05) is 4.90 Å². The van der Waals surface area contributed by atoms with E-state index in [2.05, 4.69) is 0 Å². The Morgan fingerprint density at radius 2 is 1.86 bits per heavy atom. The molecule has 1 fully saturated rings. The van der Waals surface area contributed by atoms with Crippen LogP contribution in [0.4, 0.5) is 5.69 Å². The van der Waals surface area contributed by atoms with Gasteiger partial charge in [0.25, 0.3) is 0 Å². The smallest absolute Gasteiger partial charge is 0.335 e. The highest BCUT2D eigenvalue weighted by Gasteiger charge is 2.67. The molecule has 1 heterocycles. The predicted octanol–water partition coefficient (Wildman–Crippen LogP) is 5.01. The summed E-state index contributed by atoms with van der Waals surface area (Å²) in [6, 6.07) is 22.4. The lowest BCUT2D eigenvalue weighted by Crippen LogP contribution is -2.32. The van der Waals surface area contributed by atoms with E-state index in [0.29, 0.717) is 11.6 Å². The molecule has 0 aromatic heterocycles. The van der Waals surface area contributed by atoms with Gasteiger partial charge in [-0.1, -0.05) is 54.1 Å². The van der Waals surface area contributed by atoms with Crippen LogP contribution in [0.1, 0.15) is 39.4 Å². The zero-order valence-corrected chi connectivity index (χ0v) is 16.3. The van der Waals surface area contributed by atoms with Crippen LogP contribution in [-0.2, 0) is 16.8 Å². The van der Waals surface area contributed by atoms with Gasteiger partial charge in [-0.25, -0.2) is 4.79 Å². The minimum Gasteiger partial charge on any atom is -0.478 e. The van der Waals surface area contributed by atoms with Gasteiger partial charge < -0.3 is 10.0 Å². The number of amides is 1. The third-order valence-corrected chi connectivity index (χ3v) is 6.26. The molecule has 2 atom stereocenters. The number of para-hydroxylation sites is 1. The molecule has 1 aliphatic heterocycles. The van der Waals surface area contributed by atoms with E-state index in [1.165, 1.54) is 0 Å². The monoisotopic (exact) mass is 403 g/mol. The SMILES string of the molecule is O=C(O)c1cccc(CN2C(=O)[C@@]3(C[C@H]3c3cccc(Cl)c3)c3ccccc32)c1. The highest BCUT2D eigenvalue weighted by molar-refractivity contribution is 6.30. The van der Waals surface area contributed by atoms with Gasteiger partial charge in [-0.15, -0.1) is 0 Å². The maximum Gasteiger partial charge on any atom is 0.335 e. The van der Waals surface area contributed by atoms with Gasteiger partial charge in [0.15, 0.2) is 0 Å². The summed E-state index contributed by atoms with van der Waals surface area (Å²) in [6.07, 6.45) is 0.759. The van der Waals surface area contributed by atoms with Gasteiger partial charge in [0, 0.05) is 16.6 Å². The van der Waals surface area contributed by atoms with Crippen molar-refractivity contribution < 1.29 is 14.7 Å². The summed E-state index contributed by atoms with van der Waals surface area (Å²) < 4.78 is 0. The van der Waals surface area contributed by atoms with Crippen molar-refractivity contribution in [3.05, 3.63) is 100 Å². The molecule has 5 rings (SSSR count). The molecule has 29 heavy (non-hydrogen) atoms. The van der Waals surface area contributed by atoms with Gasteiger partial charge in [0.2, 0.25) is 5.91 Å². The number of benzene rings is 3. The molecule has 5 heteroatoms. The topological polar surface area (TPSA) is 57.6 Å². The van der Waals surface area contributed by atoms with E-state index in [4.69, 9.17) is 11.6 Å². The molecule has 2 aliphatic rings. The lowest BCUT2D eigenvalue weighted by atomic mass is 9.92. The Bertz CT molecular complexity index is 1160. The number of carboxylic acid groups (broad SMARTS) is 1. The molecule has 144 valence electrons. The molecule has 3 aromatic rings. The van der Waals surface area contributed by atoms with Gasteiger partial charge in [0.05, 0.1) is 17.5 Å². The van der Waals surface area contributed by atoms with Gasteiger partial charge >= 0.3 is 5.97 Å². The third-order valence-electron chi connectivity index (χ3n) is 6.03. The number of halogens is 1. The minimum absolute atomic E-state index is 0.0735. The standard InChI is InChI=1S/C24H18ClNO3/c25-18-8-4-6-16(12-18)20-13-24(20)19-9-1-2-10-21(19)26(23(24)29)14-15-5-3-7-17(11-15)22(27)28/h1-12,20H,13-14H2,(H,27,28)/t20-,24-/m0/s1. The second-order valence-corrected chi connectivity index (χ2v) is 8.13. The molecular weight excluding hydrogens is 386 g/mol. The maximum atomic E-state index is 13.6. The van der Waals surface area contributed by atoms with Gasteiger partial charge in [0.1, 0.15) is 0 Å². The van der Waals surface area contributed by atoms with E-state index in [1.54, 1.807) is 23.1 Å². The van der Waals surface area contributed by atoms with Crippen LogP contribution in [0.15, 0.2) is 72.8 Å². The summed E-state index contributed by atoms with van der Waals surface area (Å²) in [5, 5.41) is 9.94.